The van der Waals surface area contributed by atoms with Crippen LogP contribution in [-0.2, 0) is 9.59 Å². The Bertz CT molecular complexity index is 843. The van der Waals surface area contributed by atoms with Crippen LogP contribution in [0.15, 0.2) is 48.5 Å². The first-order chi connectivity index (χ1) is 13.6. The molecule has 2 amide bonds. The molecule has 1 N–H and O–H groups in total. The molecule has 0 aliphatic carbocycles. The number of nitrogens with one attached hydrogen (secondary N) is 1. The summed E-state index contributed by atoms with van der Waals surface area (Å²) in [6.45, 7) is 2.14. The van der Waals surface area contributed by atoms with Crippen molar-refractivity contribution in [3.63, 3.8) is 0 Å². The second-order valence-electron chi connectivity index (χ2n) is 6.86. The lowest BCUT2D eigenvalue weighted by atomic mass is 10.1. The number of nitrogens with zero attached hydrogens (tertiary/aromatic N) is 1. The first-order valence-corrected chi connectivity index (χ1v) is 10.7. The fraction of sp³-hybridized carbons (Fsp3) is 0.364. The normalized spacial score (nSPS) is 16.4. The number of benzene rings is 2. The van der Waals surface area contributed by atoms with Gasteiger partial charge in [0.05, 0.1) is 11.4 Å². The molecule has 0 bridgehead atoms. The van der Waals surface area contributed by atoms with Gasteiger partial charge in [0.1, 0.15) is 11.2 Å². The van der Waals surface area contributed by atoms with E-state index in [1.165, 1.54) is 22.7 Å². The number of amides is 2. The predicted molar refractivity (Wildman–Crippen MR) is 113 cm³/mol. The van der Waals surface area contributed by atoms with Gasteiger partial charge in [-0.2, -0.15) is 0 Å². The molecule has 1 saturated heterocycles. The van der Waals surface area contributed by atoms with Crippen LogP contribution in [0.4, 0.5) is 15.8 Å². The van der Waals surface area contributed by atoms with Crippen LogP contribution in [0.1, 0.15) is 50.0 Å². The lowest BCUT2D eigenvalue weighted by Gasteiger charge is -2.25. The van der Waals surface area contributed by atoms with E-state index < -0.39 is 5.82 Å². The van der Waals surface area contributed by atoms with E-state index in [4.69, 9.17) is 0 Å². The highest BCUT2D eigenvalue weighted by Crippen LogP contribution is 2.42. The number of para-hydroxylation sites is 1. The van der Waals surface area contributed by atoms with E-state index in [1.54, 1.807) is 18.2 Å². The van der Waals surface area contributed by atoms with Gasteiger partial charge in [0.25, 0.3) is 0 Å². The van der Waals surface area contributed by atoms with Crippen LogP contribution < -0.4 is 10.2 Å². The van der Waals surface area contributed by atoms with Crippen molar-refractivity contribution in [1.29, 1.82) is 0 Å². The molecule has 0 saturated carbocycles. The molecule has 28 heavy (non-hydrogen) atoms. The molecule has 1 aliphatic rings. The van der Waals surface area contributed by atoms with Crippen molar-refractivity contribution in [2.75, 3.05) is 16.0 Å². The van der Waals surface area contributed by atoms with Gasteiger partial charge >= 0.3 is 0 Å². The summed E-state index contributed by atoms with van der Waals surface area (Å²) in [7, 11) is 0. The average molecular weight is 401 g/mol. The lowest BCUT2D eigenvalue weighted by molar-refractivity contribution is -0.117. The second kappa shape index (κ2) is 9.73. The average Bonchev–Trinajstić information content (AvgIpc) is 3.07. The monoisotopic (exact) mass is 400 g/mol. The summed E-state index contributed by atoms with van der Waals surface area (Å²) in [5, 5.41) is 2.62. The number of carbonyl (C=O) groups excluding carboxylic acids is 2. The van der Waals surface area contributed by atoms with Crippen molar-refractivity contribution in [2.45, 2.75) is 44.4 Å². The fourth-order valence-electron chi connectivity index (χ4n) is 3.28. The molecule has 6 heteroatoms. The molecule has 2 aromatic rings. The van der Waals surface area contributed by atoms with E-state index in [0.29, 0.717) is 17.9 Å². The Labute approximate surface area is 169 Å². The molecule has 148 valence electrons. The van der Waals surface area contributed by atoms with E-state index in [9.17, 15) is 14.0 Å². The van der Waals surface area contributed by atoms with E-state index in [1.807, 2.05) is 24.3 Å². The zero-order valence-electron chi connectivity index (χ0n) is 16.0. The van der Waals surface area contributed by atoms with Gasteiger partial charge < -0.3 is 5.32 Å². The summed E-state index contributed by atoms with van der Waals surface area (Å²) < 4.78 is 14.3. The molecule has 4 nitrogen and oxygen atoms in total. The maximum Gasteiger partial charge on any atom is 0.238 e. The van der Waals surface area contributed by atoms with Crippen molar-refractivity contribution in [3.05, 3.63) is 59.9 Å². The van der Waals surface area contributed by atoms with Crippen LogP contribution in [0.5, 0.6) is 0 Å². The SMILES string of the molecule is CCCCCCC(=O)Nc1cccc([C@H]2SCC(=O)N2c2ccccc2F)c1. The van der Waals surface area contributed by atoms with Crippen molar-refractivity contribution in [2.24, 2.45) is 0 Å². The van der Waals surface area contributed by atoms with Crippen LogP contribution in [0.2, 0.25) is 0 Å². The predicted octanol–water partition coefficient (Wildman–Crippen LogP) is 5.51. The number of carbonyl (C=O) groups is 2. The molecule has 0 spiro atoms. The quantitative estimate of drug-likeness (QED) is 0.594. The highest BCUT2D eigenvalue weighted by molar-refractivity contribution is 8.00. The third-order valence-corrected chi connectivity index (χ3v) is 5.91. The minimum absolute atomic E-state index is 0.00522. The molecule has 0 unspecified atom stereocenters. The van der Waals surface area contributed by atoms with Crippen LogP contribution in [-0.4, -0.2) is 17.6 Å². The highest BCUT2D eigenvalue weighted by atomic mass is 32.2. The Morgan fingerprint density at radius 1 is 1.18 bits per heavy atom. The maximum absolute atomic E-state index is 14.3. The summed E-state index contributed by atoms with van der Waals surface area (Å²) in [6, 6.07) is 13.8. The third-order valence-electron chi connectivity index (χ3n) is 4.69. The molecule has 1 atom stereocenters. The largest absolute Gasteiger partial charge is 0.326 e. The van der Waals surface area contributed by atoms with Gasteiger partial charge in [-0.15, -0.1) is 11.8 Å². The minimum Gasteiger partial charge on any atom is -0.326 e. The first kappa shape index (κ1) is 20.4. The van der Waals surface area contributed by atoms with Gasteiger partial charge in [0.2, 0.25) is 11.8 Å². The minimum atomic E-state index is -0.417. The van der Waals surface area contributed by atoms with E-state index in [2.05, 4.69) is 12.2 Å². The Morgan fingerprint density at radius 2 is 2.00 bits per heavy atom. The molecule has 1 heterocycles. The summed E-state index contributed by atoms with van der Waals surface area (Å²) in [4.78, 5) is 26.1. The number of hydrogen-bond acceptors (Lipinski definition) is 3. The molecular weight excluding hydrogens is 375 g/mol. The van der Waals surface area contributed by atoms with Gasteiger partial charge in [-0.25, -0.2) is 4.39 Å². The number of unbranched alkanes of at least 4 members (excludes halogenated alkanes) is 3. The Balaban J connectivity index is 1.73. The third kappa shape index (κ3) is 4.93. The topological polar surface area (TPSA) is 49.4 Å². The van der Waals surface area contributed by atoms with E-state index >= 15 is 0 Å². The summed E-state index contributed by atoms with van der Waals surface area (Å²) in [6.07, 6.45) is 4.72. The van der Waals surface area contributed by atoms with Gasteiger partial charge in [0.15, 0.2) is 0 Å². The Hall–Kier alpha value is -2.34. The number of anilines is 2. The molecule has 0 radical (unpaired) electrons. The molecule has 1 fully saturated rings. The molecular formula is C22H25FN2O2S. The van der Waals surface area contributed by atoms with Crippen molar-refractivity contribution >= 4 is 35.0 Å². The van der Waals surface area contributed by atoms with Crippen molar-refractivity contribution < 1.29 is 14.0 Å². The first-order valence-electron chi connectivity index (χ1n) is 9.68. The van der Waals surface area contributed by atoms with E-state index in [-0.39, 0.29) is 22.9 Å². The summed E-state index contributed by atoms with van der Waals surface area (Å²) >= 11 is 1.46. The smallest absolute Gasteiger partial charge is 0.238 e. The lowest BCUT2D eigenvalue weighted by Crippen LogP contribution is -2.28. The highest BCUT2D eigenvalue weighted by Gasteiger charge is 2.35. The summed E-state index contributed by atoms with van der Waals surface area (Å²) in [5.41, 5.74) is 1.85. The van der Waals surface area contributed by atoms with Crippen molar-refractivity contribution in [1.82, 2.24) is 0 Å². The van der Waals surface area contributed by atoms with Gasteiger partial charge in [-0.3, -0.25) is 14.5 Å². The maximum atomic E-state index is 14.3. The molecule has 1 aliphatic heterocycles. The van der Waals surface area contributed by atoms with Crippen molar-refractivity contribution in [3.8, 4) is 0 Å². The van der Waals surface area contributed by atoms with Gasteiger partial charge in [-0.05, 0) is 36.2 Å². The zero-order chi connectivity index (χ0) is 19.9. The summed E-state index contributed by atoms with van der Waals surface area (Å²) in [5.74, 6) is -0.243. The number of hydrogen-bond donors (Lipinski definition) is 1. The molecule has 2 aromatic carbocycles. The molecule has 0 aromatic heterocycles. The number of thioether (sulfide) groups is 1. The zero-order valence-corrected chi connectivity index (χ0v) is 16.8. The number of halogens is 1. The fourth-order valence-corrected chi connectivity index (χ4v) is 4.44. The van der Waals surface area contributed by atoms with Crippen LogP contribution in [0.3, 0.4) is 0 Å². The van der Waals surface area contributed by atoms with Crippen LogP contribution in [0.25, 0.3) is 0 Å². The van der Waals surface area contributed by atoms with Crippen LogP contribution in [0, 0.1) is 5.82 Å². The second-order valence-corrected chi connectivity index (χ2v) is 7.93. The van der Waals surface area contributed by atoms with Crippen LogP contribution >= 0.6 is 11.8 Å². The molecule has 3 rings (SSSR count). The van der Waals surface area contributed by atoms with Gasteiger partial charge in [0, 0.05) is 12.1 Å². The standard InChI is InChI=1S/C22H25FN2O2S/c1-2-3-4-5-13-20(26)24-17-10-8-9-16(14-17)22-25(21(27)15-28-22)19-12-7-6-11-18(19)23/h6-12,14,22H,2-5,13,15H2,1H3,(H,24,26)/t22-/m1/s1. The van der Waals surface area contributed by atoms with E-state index in [0.717, 1.165) is 31.2 Å². The Morgan fingerprint density at radius 3 is 2.79 bits per heavy atom. The van der Waals surface area contributed by atoms with Gasteiger partial charge in [-0.1, -0.05) is 50.5 Å². The Kier molecular flexibility index (Phi) is 7.09. The number of rotatable bonds is 8.